The highest BCUT2D eigenvalue weighted by Crippen LogP contribution is 2.31. The lowest BCUT2D eigenvalue weighted by Crippen LogP contribution is -2.30. The van der Waals surface area contributed by atoms with Gasteiger partial charge < -0.3 is 10.4 Å². The first-order valence-corrected chi connectivity index (χ1v) is 8.02. The van der Waals surface area contributed by atoms with Crippen molar-refractivity contribution in [2.45, 2.75) is 25.7 Å². The first-order valence-electron chi connectivity index (χ1n) is 7.14. The smallest absolute Gasteiger partial charge is 0.306 e. The molecule has 3 rings (SSSR count). The molecule has 2 unspecified atom stereocenters. The van der Waals surface area contributed by atoms with Crippen LogP contribution >= 0.6 is 11.3 Å². The molecule has 4 nitrogen and oxygen atoms in total. The van der Waals surface area contributed by atoms with Crippen LogP contribution in [-0.2, 0) is 9.59 Å². The van der Waals surface area contributed by atoms with E-state index in [1.54, 1.807) is 11.3 Å². The minimum absolute atomic E-state index is 0.0597. The maximum atomic E-state index is 12.3. The SMILES string of the molecule is O=C(O)C1CCCC(C(=O)Nc2ccc3sccc3c2)C1. The van der Waals surface area contributed by atoms with E-state index in [0.717, 1.165) is 23.9 Å². The summed E-state index contributed by atoms with van der Waals surface area (Å²) in [4.78, 5) is 23.4. The third-order valence-electron chi connectivity index (χ3n) is 4.11. The molecule has 1 aromatic carbocycles. The molecule has 1 aromatic heterocycles. The quantitative estimate of drug-likeness (QED) is 0.908. The average molecular weight is 303 g/mol. The number of amides is 1. The van der Waals surface area contributed by atoms with Crippen LogP contribution in [0.2, 0.25) is 0 Å². The van der Waals surface area contributed by atoms with E-state index in [2.05, 4.69) is 5.32 Å². The Bertz CT molecular complexity index is 679. The summed E-state index contributed by atoms with van der Waals surface area (Å²) in [5.74, 6) is -1.42. The molecule has 1 heterocycles. The van der Waals surface area contributed by atoms with Gasteiger partial charge in [-0.2, -0.15) is 0 Å². The van der Waals surface area contributed by atoms with Crippen molar-refractivity contribution < 1.29 is 14.7 Å². The number of carbonyl (C=O) groups is 2. The van der Waals surface area contributed by atoms with Crippen molar-refractivity contribution in [3.05, 3.63) is 29.6 Å². The Labute approximate surface area is 126 Å². The summed E-state index contributed by atoms with van der Waals surface area (Å²) in [6.45, 7) is 0. The lowest BCUT2D eigenvalue weighted by Gasteiger charge is -2.25. The van der Waals surface area contributed by atoms with E-state index in [1.807, 2.05) is 29.6 Å². The predicted octanol–water partition coefficient (Wildman–Crippen LogP) is 3.73. The highest BCUT2D eigenvalue weighted by Gasteiger charge is 2.30. The summed E-state index contributed by atoms with van der Waals surface area (Å²) in [6, 6.07) is 7.88. The van der Waals surface area contributed by atoms with Crippen molar-refractivity contribution in [2.24, 2.45) is 11.8 Å². The Morgan fingerprint density at radius 3 is 2.81 bits per heavy atom. The maximum absolute atomic E-state index is 12.3. The van der Waals surface area contributed by atoms with Gasteiger partial charge in [0.1, 0.15) is 0 Å². The normalized spacial score (nSPS) is 22.1. The zero-order chi connectivity index (χ0) is 14.8. The summed E-state index contributed by atoms with van der Waals surface area (Å²) in [5, 5.41) is 15.2. The fourth-order valence-corrected chi connectivity index (χ4v) is 3.71. The molecule has 5 heteroatoms. The number of carboxylic acid groups (broad SMARTS) is 1. The van der Waals surface area contributed by atoms with Gasteiger partial charge in [-0.15, -0.1) is 11.3 Å². The van der Waals surface area contributed by atoms with Crippen LogP contribution in [0, 0.1) is 11.8 Å². The van der Waals surface area contributed by atoms with Crippen LogP contribution in [0.5, 0.6) is 0 Å². The summed E-state index contributed by atoms with van der Waals surface area (Å²) in [6.07, 6.45) is 2.71. The fourth-order valence-electron chi connectivity index (χ4n) is 2.94. The number of hydrogen-bond acceptors (Lipinski definition) is 3. The number of rotatable bonds is 3. The zero-order valence-corrected chi connectivity index (χ0v) is 12.4. The number of fused-ring (bicyclic) bond motifs is 1. The van der Waals surface area contributed by atoms with E-state index in [0.29, 0.717) is 12.8 Å². The number of carboxylic acids is 1. The van der Waals surface area contributed by atoms with Crippen LogP contribution < -0.4 is 5.32 Å². The summed E-state index contributed by atoms with van der Waals surface area (Å²) in [7, 11) is 0. The van der Waals surface area contributed by atoms with Gasteiger partial charge in [-0.3, -0.25) is 9.59 Å². The molecule has 0 spiro atoms. The second-order valence-electron chi connectivity index (χ2n) is 5.56. The van der Waals surface area contributed by atoms with Gasteiger partial charge in [0.2, 0.25) is 5.91 Å². The Kier molecular flexibility index (Phi) is 3.92. The Balaban J connectivity index is 1.69. The number of thiophene rings is 1. The average Bonchev–Trinajstić information content (AvgIpc) is 2.95. The van der Waals surface area contributed by atoms with Gasteiger partial charge in [0.25, 0.3) is 0 Å². The van der Waals surface area contributed by atoms with Crippen molar-refractivity contribution in [1.82, 2.24) is 0 Å². The minimum atomic E-state index is -0.785. The van der Waals surface area contributed by atoms with Crippen LogP contribution in [-0.4, -0.2) is 17.0 Å². The molecular formula is C16H17NO3S. The lowest BCUT2D eigenvalue weighted by molar-refractivity contribution is -0.143. The molecule has 1 saturated carbocycles. The van der Waals surface area contributed by atoms with Gasteiger partial charge in [0.15, 0.2) is 0 Å². The van der Waals surface area contributed by atoms with Crippen molar-refractivity contribution in [3.63, 3.8) is 0 Å². The number of benzene rings is 1. The molecule has 110 valence electrons. The first-order chi connectivity index (χ1) is 10.1. The number of carbonyl (C=O) groups excluding carboxylic acids is 1. The number of aliphatic carboxylic acids is 1. The van der Waals surface area contributed by atoms with E-state index in [-0.39, 0.29) is 17.7 Å². The molecule has 2 atom stereocenters. The van der Waals surface area contributed by atoms with Gasteiger partial charge in [-0.1, -0.05) is 6.42 Å². The van der Waals surface area contributed by atoms with Crippen molar-refractivity contribution in [2.75, 3.05) is 5.32 Å². The molecule has 1 aliphatic carbocycles. The van der Waals surface area contributed by atoms with Crippen LogP contribution in [0.25, 0.3) is 10.1 Å². The fraction of sp³-hybridized carbons (Fsp3) is 0.375. The van der Waals surface area contributed by atoms with Gasteiger partial charge in [-0.25, -0.2) is 0 Å². The molecule has 0 radical (unpaired) electrons. The van der Waals surface area contributed by atoms with Gasteiger partial charge in [-0.05, 0) is 54.3 Å². The standard InChI is InChI=1S/C16H17NO3S/c18-15(11-2-1-3-12(8-11)16(19)20)17-13-4-5-14-10(9-13)6-7-21-14/h4-7,9,11-12H,1-3,8H2,(H,17,18)(H,19,20). The maximum Gasteiger partial charge on any atom is 0.306 e. The highest BCUT2D eigenvalue weighted by atomic mass is 32.1. The summed E-state index contributed by atoms with van der Waals surface area (Å²) < 4.78 is 1.19. The number of hydrogen-bond donors (Lipinski definition) is 2. The van der Waals surface area contributed by atoms with E-state index in [4.69, 9.17) is 5.11 Å². The van der Waals surface area contributed by atoms with Crippen LogP contribution in [0.15, 0.2) is 29.6 Å². The number of anilines is 1. The minimum Gasteiger partial charge on any atom is -0.481 e. The van der Waals surface area contributed by atoms with Crippen molar-refractivity contribution >= 4 is 39.0 Å². The summed E-state index contributed by atoms with van der Waals surface area (Å²) >= 11 is 1.67. The third kappa shape index (κ3) is 3.08. The molecule has 1 amide bonds. The second-order valence-corrected chi connectivity index (χ2v) is 6.51. The Morgan fingerprint density at radius 2 is 2.00 bits per heavy atom. The van der Waals surface area contributed by atoms with Gasteiger partial charge >= 0.3 is 5.97 Å². The van der Waals surface area contributed by atoms with Crippen LogP contribution in [0.3, 0.4) is 0 Å². The van der Waals surface area contributed by atoms with E-state index >= 15 is 0 Å². The van der Waals surface area contributed by atoms with Gasteiger partial charge in [0, 0.05) is 16.3 Å². The Morgan fingerprint density at radius 1 is 1.19 bits per heavy atom. The molecule has 0 aliphatic heterocycles. The molecule has 2 N–H and O–H groups in total. The second kappa shape index (κ2) is 5.85. The predicted molar refractivity (Wildman–Crippen MR) is 83.5 cm³/mol. The van der Waals surface area contributed by atoms with Crippen LogP contribution in [0.4, 0.5) is 5.69 Å². The topological polar surface area (TPSA) is 66.4 Å². The number of nitrogens with one attached hydrogen (secondary N) is 1. The molecule has 1 fully saturated rings. The van der Waals surface area contributed by atoms with Gasteiger partial charge in [0.05, 0.1) is 5.92 Å². The monoisotopic (exact) mass is 303 g/mol. The summed E-state index contributed by atoms with van der Waals surface area (Å²) in [5.41, 5.74) is 0.781. The highest BCUT2D eigenvalue weighted by molar-refractivity contribution is 7.17. The molecule has 2 aromatic rings. The van der Waals surface area contributed by atoms with E-state index in [1.165, 1.54) is 4.70 Å². The molecule has 1 aliphatic rings. The third-order valence-corrected chi connectivity index (χ3v) is 5.01. The lowest BCUT2D eigenvalue weighted by atomic mass is 9.81. The van der Waals surface area contributed by atoms with E-state index in [9.17, 15) is 9.59 Å². The Hall–Kier alpha value is -1.88. The molecular weight excluding hydrogens is 286 g/mol. The van der Waals surface area contributed by atoms with Crippen molar-refractivity contribution in [3.8, 4) is 0 Å². The molecule has 0 bridgehead atoms. The van der Waals surface area contributed by atoms with Crippen molar-refractivity contribution in [1.29, 1.82) is 0 Å². The van der Waals surface area contributed by atoms with E-state index < -0.39 is 5.97 Å². The largest absolute Gasteiger partial charge is 0.481 e. The first kappa shape index (κ1) is 14.1. The molecule has 0 saturated heterocycles. The van der Waals surface area contributed by atoms with Crippen LogP contribution in [0.1, 0.15) is 25.7 Å². The molecule has 21 heavy (non-hydrogen) atoms. The zero-order valence-electron chi connectivity index (χ0n) is 11.5.